The first-order valence-electron chi connectivity index (χ1n) is 7.43. The van der Waals surface area contributed by atoms with Crippen molar-refractivity contribution in [2.75, 3.05) is 13.1 Å². The second-order valence-corrected chi connectivity index (χ2v) is 7.03. The Morgan fingerprint density at radius 2 is 1.79 bits per heavy atom. The minimum absolute atomic E-state index is 0.245. The van der Waals surface area contributed by atoms with Gasteiger partial charge >= 0.3 is 0 Å². The van der Waals surface area contributed by atoms with E-state index in [9.17, 15) is 0 Å². The molecule has 19 heavy (non-hydrogen) atoms. The van der Waals surface area contributed by atoms with Gasteiger partial charge in [-0.25, -0.2) is 0 Å². The maximum atomic E-state index is 3.53. The van der Waals surface area contributed by atoms with Gasteiger partial charge in [0.1, 0.15) is 0 Å². The number of nitrogens with one attached hydrogen (secondary N) is 1. The van der Waals surface area contributed by atoms with E-state index in [1.807, 2.05) is 0 Å². The van der Waals surface area contributed by atoms with Crippen LogP contribution in [0.15, 0.2) is 24.3 Å². The fraction of sp³-hybridized carbons (Fsp3) is 0.647. The lowest BCUT2D eigenvalue weighted by molar-refractivity contribution is 0.139. The van der Waals surface area contributed by atoms with Crippen LogP contribution < -0.4 is 5.32 Å². The molecule has 0 spiro atoms. The fourth-order valence-corrected chi connectivity index (χ4v) is 2.66. The topological polar surface area (TPSA) is 15.3 Å². The van der Waals surface area contributed by atoms with E-state index in [0.29, 0.717) is 12.1 Å². The summed E-state index contributed by atoms with van der Waals surface area (Å²) in [6.07, 6.45) is 0. The number of nitrogens with zero attached hydrogens (tertiary/aromatic N) is 1. The average molecular weight is 260 g/mol. The maximum absolute atomic E-state index is 3.53. The van der Waals surface area contributed by atoms with Crippen LogP contribution in [0.4, 0.5) is 0 Å². The largest absolute Gasteiger partial charge is 0.311 e. The van der Waals surface area contributed by atoms with Gasteiger partial charge in [0.15, 0.2) is 0 Å². The van der Waals surface area contributed by atoms with Gasteiger partial charge in [-0.3, -0.25) is 4.90 Å². The van der Waals surface area contributed by atoms with Crippen LogP contribution in [0.2, 0.25) is 0 Å². The summed E-state index contributed by atoms with van der Waals surface area (Å²) in [4.78, 5) is 2.58. The molecule has 0 aliphatic carbocycles. The van der Waals surface area contributed by atoms with E-state index in [4.69, 9.17) is 0 Å². The summed E-state index contributed by atoms with van der Waals surface area (Å²) in [7, 11) is 0. The molecule has 1 aliphatic rings. The zero-order valence-electron chi connectivity index (χ0n) is 13.0. The van der Waals surface area contributed by atoms with Crippen LogP contribution in [-0.2, 0) is 12.0 Å². The molecule has 0 amide bonds. The van der Waals surface area contributed by atoms with Crippen molar-refractivity contribution in [1.82, 2.24) is 10.2 Å². The first-order chi connectivity index (χ1) is 8.86. The predicted molar refractivity (Wildman–Crippen MR) is 82.5 cm³/mol. The summed E-state index contributed by atoms with van der Waals surface area (Å²) in [6.45, 7) is 14.7. The second kappa shape index (κ2) is 5.64. The molecule has 1 N–H and O–H groups in total. The minimum atomic E-state index is 0.245. The van der Waals surface area contributed by atoms with E-state index in [1.165, 1.54) is 11.1 Å². The molecule has 1 aromatic carbocycles. The third kappa shape index (κ3) is 3.80. The molecule has 2 nitrogen and oxygen atoms in total. The lowest BCUT2D eigenvalue weighted by Crippen LogP contribution is -2.53. The van der Waals surface area contributed by atoms with E-state index in [0.717, 1.165) is 19.6 Å². The van der Waals surface area contributed by atoms with E-state index < -0.39 is 0 Å². The zero-order chi connectivity index (χ0) is 14.0. The Kier molecular flexibility index (Phi) is 4.32. The SMILES string of the molecule is CC1CN(Cc2ccc(C(C)(C)C)cc2)C(C)CN1. The molecule has 2 rings (SSSR count). The Balaban J connectivity index is 2.03. The van der Waals surface area contributed by atoms with Crippen molar-refractivity contribution in [3.63, 3.8) is 0 Å². The van der Waals surface area contributed by atoms with E-state index >= 15 is 0 Å². The van der Waals surface area contributed by atoms with E-state index in [1.54, 1.807) is 0 Å². The van der Waals surface area contributed by atoms with Gasteiger partial charge in [-0.05, 0) is 30.4 Å². The number of piperazine rings is 1. The molecule has 1 aromatic rings. The standard InChI is InChI=1S/C17H28N2/c1-13-11-19(14(2)10-18-13)12-15-6-8-16(9-7-15)17(3,4)5/h6-9,13-14,18H,10-12H2,1-5H3. The van der Waals surface area contributed by atoms with Crippen LogP contribution >= 0.6 is 0 Å². The Labute approximate surface area is 118 Å². The van der Waals surface area contributed by atoms with Gasteiger partial charge in [-0.2, -0.15) is 0 Å². The van der Waals surface area contributed by atoms with Crippen molar-refractivity contribution in [3.8, 4) is 0 Å². The summed E-state index contributed by atoms with van der Waals surface area (Å²) < 4.78 is 0. The quantitative estimate of drug-likeness (QED) is 0.878. The molecular formula is C17H28N2. The molecule has 1 heterocycles. The number of rotatable bonds is 2. The molecule has 2 unspecified atom stereocenters. The summed E-state index contributed by atoms with van der Waals surface area (Å²) in [5.74, 6) is 0. The van der Waals surface area contributed by atoms with Gasteiger partial charge in [-0.1, -0.05) is 45.0 Å². The molecule has 0 bridgehead atoms. The van der Waals surface area contributed by atoms with Crippen molar-refractivity contribution < 1.29 is 0 Å². The van der Waals surface area contributed by atoms with Crippen LogP contribution in [0, 0.1) is 0 Å². The molecule has 0 aromatic heterocycles. The lowest BCUT2D eigenvalue weighted by Gasteiger charge is -2.37. The van der Waals surface area contributed by atoms with Crippen LogP contribution in [0.5, 0.6) is 0 Å². The smallest absolute Gasteiger partial charge is 0.0237 e. The minimum Gasteiger partial charge on any atom is -0.311 e. The first kappa shape index (κ1) is 14.5. The fourth-order valence-electron chi connectivity index (χ4n) is 2.66. The Morgan fingerprint density at radius 1 is 1.16 bits per heavy atom. The molecule has 1 saturated heterocycles. The van der Waals surface area contributed by atoms with Crippen LogP contribution in [0.1, 0.15) is 45.7 Å². The van der Waals surface area contributed by atoms with Crippen molar-refractivity contribution >= 4 is 0 Å². The Morgan fingerprint density at radius 3 is 2.37 bits per heavy atom. The molecule has 0 saturated carbocycles. The molecule has 106 valence electrons. The molecule has 1 fully saturated rings. The van der Waals surface area contributed by atoms with Gasteiger partial charge in [0.2, 0.25) is 0 Å². The maximum Gasteiger partial charge on any atom is 0.0237 e. The van der Waals surface area contributed by atoms with Crippen molar-refractivity contribution in [3.05, 3.63) is 35.4 Å². The third-order valence-corrected chi connectivity index (χ3v) is 4.10. The Bertz CT molecular complexity index is 402. The van der Waals surface area contributed by atoms with E-state index in [2.05, 4.69) is 69.1 Å². The monoisotopic (exact) mass is 260 g/mol. The molecule has 2 heteroatoms. The lowest BCUT2D eigenvalue weighted by atomic mass is 9.86. The summed E-state index contributed by atoms with van der Waals surface area (Å²) >= 11 is 0. The van der Waals surface area contributed by atoms with Gasteiger partial charge in [0, 0.05) is 31.7 Å². The summed E-state index contributed by atoms with van der Waals surface area (Å²) in [5, 5.41) is 3.53. The highest BCUT2D eigenvalue weighted by Crippen LogP contribution is 2.23. The van der Waals surface area contributed by atoms with Gasteiger partial charge in [0.25, 0.3) is 0 Å². The van der Waals surface area contributed by atoms with Gasteiger partial charge in [0.05, 0.1) is 0 Å². The molecule has 2 atom stereocenters. The number of hydrogen-bond acceptors (Lipinski definition) is 2. The highest BCUT2D eigenvalue weighted by atomic mass is 15.2. The zero-order valence-corrected chi connectivity index (χ0v) is 13.0. The van der Waals surface area contributed by atoms with Crippen molar-refractivity contribution in [2.45, 2.75) is 58.7 Å². The highest BCUT2D eigenvalue weighted by Gasteiger charge is 2.22. The number of benzene rings is 1. The third-order valence-electron chi connectivity index (χ3n) is 4.10. The van der Waals surface area contributed by atoms with E-state index in [-0.39, 0.29) is 5.41 Å². The second-order valence-electron chi connectivity index (χ2n) is 7.03. The molecule has 0 radical (unpaired) electrons. The molecule has 1 aliphatic heterocycles. The van der Waals surface area contributed by atoms with Crippen LogP contribution in [-0.4, -0.2) is 30.1 Å². The Hall–Kier alpha value is -0.860. The number of hydrogen-bond donors (Lipinski definition) is 1. The predicted octanol–water partition coefficient (Wildman–Crippen LogP) is 3.17. The first-order valence-corrected chi connectivity index (χ1v) is 7.43. The van der Waals surface area contributed by atoms with Crippen molar-refractivity contribution in [2.24, 2.45) is 0 Å². The molecular weight excluding hydrogens is 232 g/mol. The van der Waals surface area contributed by atoms with Crippen LogP contribution in [0.25, 0.3) is 0 Å². The van der Waals surface area contributed by atoms with Gasteiger partial charge in [-0.15, -0.1) is 0 Å². The summed E-state index contributed by atoms with van der Waals surface area (Å²) in [6, 6.07) is 10.4. The normalized spacial score (nSPS) is 25.5. The summed E-state index contributed by atoms with van der Waals surface area (Å²) in [5.41, 5.74) is 3.09. The van der Waals surface area contributed by atoms with Crippen LogP contribution in [0.3, 0.4) is 0 Å². The van der Waals surface area contributed by atoms with Crippen molar-refractivity contribution in [1.29, 1.82) is 0 Å². The van der Waals surface area contributed by atoms with Gasteiger partial charge < -0.3 is 5.32 Å². The highest BCUT2D eigenvalue weighted by molar-refractivity contribution is 5.27. The average Bonchev–Trinajstić information content (AvgIpc) is 2.33.